The predicted molar refractivity (Wildman–Crippen MR) is 100 cm³/mol. The fraction of sp³-hybridized carbons (Fsp3) is 1.00. The molecule has 0 amide bonds. The van der Waals surface area contributed by atoms with Crippen LogP contribution in [0, 0.1) is 0 Å². The van der Waals surface area contributed by atoms with E-state index >= 15 is 0 Å². The minimum Gasteiger partial charge on any atom is -0.748 e. The third-order valence-corrected chi connectivity index (χ3v) is 6.21. The third-order valence-electron chi connectivity index (χ3n) is 4.83. The summed E-state index contributed by atoms with van der Waals surface area (Å²) in [5, 5.41) is 9.06. The quantitative estimate of drug-likeness (QED) is 0.236. The molecule has 0 aromatic carbocycles. The molecular formula is C19H39NaO4S. The summed E-state index contributed by atoms with van der Waals surface area (Å²) in [6.07, 6.45) is 15.3. The van der Waals surface area contributed by atoms with Gasteiger partial charge in [0.2, 0.25) is 0 Å². The number of hydrogen-bond acceptors (Lipinski definition) is 4. The van der Waals surface area contributed by atoms with Gasteiger partial charge in [-0.25, -0.2) is 8.42 Å². The van der Waals surface area contributed by atoms with Gasteiger partial charge in [-0.3, -0.25) is 0 Å². The van der Waals surface area contributed by atoms with Crippen molar-refractivity contribution in [3.8, 4) is 0 Å². The second-order valence-electron chi connectivity index (χ2n) is 7.08. The van der Waals surface area contributed by atoms with Crippen molar-refractivity contribution in [1.82, 2.24) is 0 Å². The summed E-state index contributed by atoms with van der Waals surface area (Å²) in [6, 6.07) is 0. The Balaban J connectivity index is 0. The molecular weight excluding hydrogens is 347 g/mol. The molecule has 0 radical (unpaired) electrons. The van der Waals surface area contributed by atoms with Gasteiger partial charge >= 0.3 is 29.6 Å². The molecule has 0 aliphatic carbocycles. The van der Waals surface area contributed by atoms with Crippen molar-refractivity contribution >= 4 is 10.1 Å². The van der Waals surface area contributed by atoms with Gasteiger partial charge in [0.15, 0.2) is 0 Å². The summed E-state index contributed by atoms with van der Waals surface area (Å²) < 4.78 is 33.0. The second kappa shape index (κ2) is 18.2. The first-order chi connectivity index (χ1) is 11.4. The standard InChI is InChI=1S/C19H40O4S.Na/c1-3-5-6-7-8-9-10-11-12-13-14-15-18(20)16-17-19(4-2)24(21,22)23;/h18-20H,3-17H2,1-2H3,(H,21,22,23);/q;+1/p-1. The summed E-state index contributed by atoms with van der Waals surface area (Å²) in [7, 11) is -4.22. The van der Waals surface area contributed by atoms with Gasteiger partial charge in [-0.15, -0.1) is 0 Å². The van der Waals surface area contributed by atoms with E-state index in [0.717, 1.165) is 12.8 Å². The van der Waals surface area contributed by atoms with Gasteiger partial charge in [-0.2, -0.15) is 0 Å². The van der Waals surface area contributed by atoms with Crippen LogP contribution in [0.2, 0.25) is 0 Å². The molecule has 0 rings (SSSR count). The van der Waals surface area contributed by atoms with E-state index in [2.05, 4.69) is 6.92 Å². The van der Waals surface area contributed by atoms with Crippen LogP contribution in [0.3, 0.4) is 0 Å². The second-order valence-corrected chi connectivity index (χ2v) is 8.73. The Morgan fingerprint density at radius 1 is 0.760 bits per heavy atom. The van der Waals surface area contributed by atoms with Gasteiger partial charge in [0.1, 0.15) is 0 Å². The number of aliphatic hydroxyl groups is 1. The molecule has 0 aromatic rings. The van der Waals surface area contributed by atoms with E-state index in [1.54, 1.807) is 6.92 Å². The van der Waals surface area contributed by atoms with Crippen molar-refractivity contribution in [3.63, 3.8) is 0 Å². The monoisotopic (exact) mass is 386 g/mol. The van der Waals surface area contributed by atoms with Crippen molar-refractivity contribution in [2.75, 3.05) is 0 Å². The smallest absolute Gasteiger partial charge is 0.748 e. The minimum atomic E-state index is -4.22. The molecule has 0 aliphatic heterocycles. The molecule has 0 fully saturated rings. The molecule has 6 heteroatoms. The largest absolute Gasteiger partial charge is 1.00 e. The molecule has 0 bridgehead atoms. The Kier molecular flexibility index (Phi) is 20.5. The average molecular weight is 387 g/mol. The maximum atomic E-state index is 11.0. The first kappa shape index (κ1) is 28.1. The molecule has 4 nitrogen and oxygen atoms in total. The van der Waals surface area contributed by atoms with Gasteiger partial charge in [0.05, 0.1) is 16.2 Å². The number of rotatable bonds is 17. The van der Waals surface area contributed by atoms with Crippen molar-refractivity contribution in [3.05, 3.63) is 0 Å². The van der Waals surface area contributed by atoms with Crippen molar-refractivity contribution in [2.24, 2.45) is 0 Å². The zero-order valence-electron chi connectivity index (χ0n) is 16.8. The Morgan fingerprint density at radius 2 is 1.20 bits per heavy atom. The number of hydrogen-bond donors (Lipinski definition) is 1. The van der Waals surface area contributed by atoms with Crippen LogP contribution in [0.5, 0.6) is 0 Å². The zero-order chi connectivity index (χ0) is 18.3. The Bertz CT molecular complexity index is 374. The van der Waals surface area contributed by atoms with Crippen LogP contribution >= 0.6 is 0 Å². The van der Waals surface area contributed by atoms with E-state index in [9.17, 15) is 18.1 Å². The fourth-order valence-corrected chi connectivity index (χ4v) is 3.95. The topological polar surface area (TPSA) is 77.4 Å². The zero-order valence-corrected chi connectivity index (χ0v) is 19.7. The summed E-state index contributed by atoms with van der Waals surface area (Å²) in [5.74, 6) is 0. The van der Waals surface area contributed by atoms with Crippen LogP contribution in [0.1, 0.15) is 110 Å². The van der Waals surface area contributed by atoms with E-state index in [1.807, 2.05) is 0 Å². The predicted octanol–water partition coefficient (Wildman–Crippen LogP) is 2.16. The third kappa shape index (κ3) is 18.0. The van der Waals surface area contributed by atoms with Crippen LogP contribution in [-0.2, 0) is 10.1 Å². The Labute approximate surface area is 178 Å². The van der Waals surface area contributed by atoms with E-state index in [0.29, 0.717) is 19.3 Å². The van der Waals surface area contributed by atoms with E-state index in [-0.39, 0.29) is 36.0 Å². The van der Waals surface area contributed by atoms with Crippen LogP contribution in [0.25, 0.3) is 0 Å². The molecule has 146 valence electrons. The summed E-state index contributed by atoms with van der Waals surface area (Å²) in [5.41, 5.74) is 0. The molecule has 25 heavy (non-hydrogen) atoms. The summed E-state index contributed by atoms with van der Waals surface area (Å²) >= 11 is 0. The number of aliphatic hydroxyl groups excluding tert-OH is 1. The molecule has 0 saturated heterocycles. The van der Waals surface area contributed by atoms with Gasteiger partial charge in [0, 0.05) is 5.25 Å². The molecule has 0 aromatic heterocycles. The van der Waals surface area contributed by atoms with Crippen molar-refractivity contribution in [1.29, 1.82) is 0 Å². The van der Waals surface area contributed by atoms with Crippen LogP contribution in [0.15, 0.2) is 0 Å². The summed E-state index contributed by atoms with van der Waals surface area (Å²) in [6.45, 7) is 3.95. The van der Waals surface area contributed by atoms with Crippen LogP contribution in [0.4, 0.5) is 0 Å². The molecule has 0 heterocycles. The van der Waals surface area contributed by atoms with Gasteiger partial charge < -0.3 is 9.66 Å². The molecule has 2 unspecified atom stereocenters. The van der Waals surface area contributed by atoms with Gasteiger partial charge in [0.25, 0.3) is 0 Å². The van der Waals surface area contributed by atoms with E-state index in [1.165, 1.54) is 57.8 Å². The van der Waals surface area contributed by atoms with Crippen LogP contribution < -0.4 is 29.6 Å². The Morgan fingerprint density at radius 3 is 1.60 bits per heavy atom. The first-order valence-electron chi connectivity index (χ1n) is 10.0. The van der Waals surface area contributed by atoms with Gasteiger partial charge in [-0.1, -0.05) is 84.5 Å². The van der Waals surface area contributed by atoms with E-state index in [4.69, 9.17) is 0 Å². The van der Waals surface area contributed by atoms with Crippen molar-refractivity contribution in [2.45, 2.75) is 122 Å². The maximum absolute atomic E-state index is 11.0. The average Bonchev–Trinajstić information content (AvgIpc) is 2.52. The molecule has 2 atom stereocenters. The number of unbranched alkanes of at least 4 members (excludes halogenated alkanes) is 10. The maximum Gasteiger partial charge on any atom is 1.00 e. The normalized spacial score (nSPS) is 14.1. The van der Waals surface area contributed by atoms with Crippen molar-refractivity contribution < 1.29 is 47.6 Å². The van der Waals surface area contributed by atoms with E-state index < -0.39 is 21.5 Å². The summed E-state index contributed by atoms with van der Waals surface area (Å²) in [4.78, 5) is 0. The fourth-order valence-electron chi connectivity index (χ4n) is 3.12. The first-order valence-corrected chi connectivity index (χ1v) is 11.5. The molecule has 1 N–H and O–H groups in total. The minimum absolute atomic E-state index is 0. The van der Waals surface area contributed by atoms with Gasteiger partial charge in [-0.05, 0) is 25.7 Å². The Hall–Kier alpha value is 0.870. The molecule has 0 spiro atoms. The molecule has 0 aliphatic rings. The molecule has 0 saturated carbocycles. The van der Waals surface area contributed by atoms with Crippen LogP contribution in [-0.4, -0.2) is 29.4 Å². The SMILES string of the molecule is CCCCCCCCCCCCCC(O)CCC(CC)S(=O)(=O)[O-].[Na+].